The Bertz CT molecular complexity index is 1620. The molecule has 0 spiro atoms. The number of ketones is 1. The third-order valence-electron chi connectivity index (χ3n) is 6.83. The molecular formula is C30H28F2N4O3S2. The molecule has 5 N–H and O–H groups in total. The Balaban J connectivity index is 1.61. The molecule has 0 amide bonds. The van der Waals surface area contributed by atoms with Crippen molar-refractivity contribution in [3.63, 3.8) is 0 Å². The molecule has 0 bridgehead atoms. The van der Waals surface area contributed by atoms with Crippen molar-refractivity contribution in [3.05, 3.63) is 81.4 Å². The highest BCUT2D eigenvalue weighted by Gasteiger charge is 2.34. The van der Waals surface area contributed by atoms with Gasteiger partial charge in [0.1, 0.15) is 17.3 Å². The molecule has 1 aliphatic heterocycles. The number of nitrogens with zero attached hydrogens (tertiary/aromatic N) is 2. The number of aliphatic hydroxyl groups is 1. The second kappa shape index (κ2) is 12.2. The number of rotatable bonds is 9. The van der Waals surface area contributed by atoms with Gasteiger partial charge in [0.15, 0.2) is 11.4 Å². The summed E-state index contributed by atoms with van der Waals surface area (Å²) >= 11 is 2.08. The smallest absolute Gasteiger partial charge is 0.209 e. The molecule has 7 nitrogen and oxygen atoms in total. The van der Waals surface area contributed by atoms with Gasteiger partial charge in [-0.25, -0.2) is 18.8 Å². The second-order valence-corrected chi connectivity index (χ2v) is 11.7. The van der Waals surface area contributed by atoms with Crippen LogP contribution in [0, 0.1) is 29.4 Å². The summed E-state index contributed by atoms with van der Waals surface area (Å²) in [5, 5.41) is 17.9. The number of hydrogen-bond donors (Lipinski definition) is 3. The van der Waals surface area contributed by atoms with Crippen LogP contribution in [-0.4, -0.2) is 40.4 Å². The van der Waals surface area contributed by atoms with E-state index in [-0.39, 0.29) is 31.0 Å². The number of halogens is 2. The van der Waals surface area contributed by atoms with Crippen LogP contribution in [0.2, 0.25) is 0 Å². The number of allylic oxidation sites excluding steroid dienone is 1. The minimum absolute atomic E-state index is 0.0641. The van der Waals surface area contributed by atoms with Crippen LogP contribution in [0.25, 0.3) is 5.70 Å². The molecular weight excluding hydrogens is 566 g/mol. The van der Waals surface area contributed by atoms with Crippen molar-refractivity contribution >= 4 is 45.6 Å². The van der Waals surface area contributed by atoms with E-state index < -0.39 is 17.2 Å². The van der Waals surface area contributed by atoms with Crippen molar-refractivity contribution in [2.24, 2.45) is 21.8 Å². The van der Waals surface area contributed by atoms with Gasteiger partial charge in [0.2, 0.25) is 5.13 Å². The Kier molecular flexibility index (Phi) is 8.68. The maximum Gasteiger partial charge on any atom is 0.209 e. The number of aliphatic imine (C=N–C) groups is 1. The fourth-order valence-electron chi connectivity index (χ4n) is 4.25. The first-order chi connectivity index (χ1) is 19.6. The van der Waals surface area contributed by atoms with Gasteiger partial charge < -0.3 is 15.6 Å². The molecule has 1 aliphatic carbocycles. The molecule has 1 saturated carbocycles. The Morgan fingerprint density at radius 2 is 2.02 bits per heavy atom. The van der Waals surface area contributed by atoms with Crippen molar-refractivity contribution in [2.75, 3.05) is 13.2 Å². The minimum Gasteiger partial charge on any atom is -0.398 e. The minimum atomic E-state index is -1.30. The van der Waals surface area contributed by atoms with E-state index in [1.54, 1.807) is 23.6 Å². The largest absolute Gasteiger partial charge is 0.398 e. The SMILES string of the molecule is CC(=O)c1csc(/N=C(CC2CC2)/C(Cc2ccc(SN)c(F)c2)=C(\N)c2ccc(F)c(C#CC3(O)COC3)c2)n1. The lowest BCUT2D eigenvalue weighted by Crippen LogP contribution is -2.48. The van der Waals surface area contributed by atoms with E-state index in [2.05, 4.69) is 16.8 Å². The van der Waals surface area contributed by atoms with Gasteiger partial charge in [0.25, 0.3) is 0 Å². The zero-order chi connectivity index (χ0) is 29.1. The first-order valence-electron chi connectivity index (χ1n) is 13.0. The van der Waals surface area contributed by atoms with Gasteiger partial charge in [-0.3, -0.25) is 9.93 Å². The molecule has 41 heavy (non-hydrogen) atoms. The molecule has 1 saturated heterocycles. The summed E-state index contributed by atoms with van der Waals surface area (Å²) in [6.07, 6.45) is 2.95. The van der Waals surface area contributed by atoms with E-state index >= 15 is 0 Å². The lowest BCUT2D eigenvalue weighted by atomic mass is 9.92. The zero-order valence-electron chi connectivity index (χ0n) is 22.2. The first-order valence-corrected chi connectivity index (χ1v) is 14.7. The van der Waals surface area contributed by atoms with E-state index in [0.29, 0.717) is 56.2 Å². The normalized spacial score (nSPS) is 16.9. The van der Waals surface area contributed by atoms with E-state index in [1.807, 2.05) is 0 Å². The quantitative estimate of drug-likeness (QED) is 0.135. The highest BCUT2D eigenvalue weighted by molar-refractivity contribution is 7.97. The summed E-state index contributed by atoms with van der Waals surface area (Å²) in [7, 11) is 0. The Morgan fingerprint density at radius 3 is 2.63 bits per heavy atom. The maximum atomic E-state index is 14.7. The number of nitrogens with two attached hydrogens (primary N) is 2. The van der Waals surface area contributed by atoms with Gasteiger partial charge in [0.05, 0.1) is 23.7 Å². The standard InChI is InChI=1S/C30H28F2N4O3S2/c1-17(37)26-14-40-29(36-26)35-25(12-18-2-3-18)22(10-19-4-7-27(41-34)24(32)11-19)28(33)21-5-6-23(31)20(13-21)8-9-30(38)15-39-16-30/h4-7,11,13-14,18,38H,2-3,10,12,15-16,33-34H2,1H3/b28-22-,35-25+. The van der Waals surface area contributed by atoms with E-state index in [1.165, 1.54) is 36.5 Å². The van der Waals surface area contributed by atoms with Gasteiger partial charge in [0, 0.05) is 35.7 Å². The Hall–Kier alpha value is -3.40. The summed E-state index contributed by atoms with van der Waals surface area (Å²) in [5.74, 6) is 4.65. The molecule has 212 valence electrons. The summed E-state index contributed by atoms with van der Waals surface area (Å²) < 4.78 is 34.4. The third-order valence-corrected chi connectivity index (χ3v) is 8.15. The van der Waals surface area contributed by atoms with Crippen LogP contribution in [0.15, 0.2) is 57.2 Å². The number of Topliss-reactive ketones (excluding diaryl/α,β-unsaturated/α-hetero) is 1. The molecule has 2 aliphatic rings. The van der Waals surface area contributed by atoms with Crippen LogP contribution in [0.3, 0.4) is 0 Å². The fourth-order valence-corrected chi connectivity index (χ4v) is 5.31. The van der Waals surface area contributed by atoms with Crippen molar-refractivity contribution < 1.29 is 23.4 Å². The lowest BCUT2D eigenvalue weighted by Gasteiger charge is -2.30. The molecule has 11 heteroatoms. The van der Waals surface area contributed by atoms with Crippen LogP contribution in [0.4, 0.5) is 13.9 Å². The highest BCUT2D eigenvalue weighted by Crippen LogP contribution is 2.36. The van der Waals surface area contributed by atoms with Crippen LogP contribution in [-0.2, 0) is 11.2 Å². The van der Waals surface area contributed by atoms with Gasteiger partial charge in [-0.1, -0.05) is 17.9 Å². The third kappa shape index (κ3) is 7.09. The van der Waals surface area contributed by atoms with Crippen LogP contribution < -0.4 is 10.9 Å². The Morgan fingerprint density at radius 1 is 1.24 bits per heavy atom. The van der Waals surface area contributed by atoms with Crippen molar-refractivity contribution in [2.45, 2.75) is 43.1 Å². The topological polar surface area (TPSA) is 124 Å². The average molecular weight is 595 g/mol. The fraction of sp³-hybridized carbons (Fsp3) is 0.300. The monoisotopic (exact) mass is 594 g/mol. The number of carbonyl (C=O) groups excluding carboxylic acids is 1. The van der Waals surface area contributed by atoms with Gasteiger partial charge in [-0.15, -0.1) is 11.3 Å². The number of hydrogen-bond acceptors (Lipinski definition) is 9. The summed E-state index contributed by atoms with van der Waals surface area (Å²) in [4.78, 5) is 21.4. The molecule has 0 atom stereocenters. The molecule has 3 aromatic rings. The number of ether oxygens (including phenoxy) is 1. The average Bonchev–Trinajstić information content (AvgIpc) is 3.63. The summed E-state index contributed by atoms with van der Waals surface area (Å²) in [6, 6.07) is 9.16. The van der Waals surface area contributed by atoms with E-state index in [9.17, 15) is 18.7 Å². The molecule has 2 heterocycles. The molecule has 5 rings (SSSR count). The molecule has 0 unspecified atom stereocenters. The predicted octanol–water partition coefficient (Wildman–Crippen LogP) is 5.19. The van der Waals surface area contributed by atoms with Gasteiger partial charge in [-0.2, -0.15) is 0 Å². The number of benzene rings is 2. The lowest BCUT2D eigenvalue weighted by molar-refractivity contribution is -0.140. The van der Waals surface area contributed by atoms with Crippen molar-refractivity contribution in [1.82, 2.24) is 4.98 Å². The number of thiazole rings is 1. The molecule has 2 fully saturated rings. The zero-order valence-corrected chi connectivity index (χ0v) is 23.9. The van der Waals surface area contributed by atoms with E-state index in [4.69, 9.17) is 20.6 Å². The first kappa shape index (κ1) is 29.1. The van der Waals surface area contributed by atoms with Crippen molar-refractivity contribution in [1.29, 1.82) is 0 Å². The molecule has 1 aromatic heterocycles. The summed E-state index contributed by atoms with van der Waals surface area (Å²) in [5.41, 5.74) is 8.70. The predicted molar refractivity (Wildman–Crippen MR) is 157 cm³/mol. The van der Waals surface area contributed by atoms with Crippen molar-refractivity contribution in [3.8, 4) is 11.8 Å². The maximum absolute atomic E-state index is 14.7. The number of carbonyl (C=O) groups is 1. The molecule has 0 radical (unpaired) electrons. The molecule has 2 aromatic carbocycles. The number of aromatic nitrogens is 1. The van der Waals surface area contributed by atoms with E-state index in [0.717, 1.165) is 24.8 Å². The Labute approximate surface area is 244 Å². The summed E-state index contributed by atoms with van der Waals surface area (Å²) in [6.45, 7) is 1.57. The van der Waals surface area contributed by atoms with Crippen LogP contribution in [0.1, 0.15) is 53.4 Å². The van der Waals surface area contributed by atoms with Gasteiger partial charge in [-0.05, 0) is 78.6 Å². The van der Waals surface area contributed by atoms with Crippen LogP contribution >= 0.6 is 23.3 Å². The highest BCUT2D eigenvalue weighted by atomic mass is 32.2. The van der Waals surface area contributed by atoms with Gasteiger partial charge >= 0.3 is 0 Å². The van der Waals surface area contributed by atoms with Crippen LogP contribution in [0.5, 0.6) is 0 Å². The second-order valence-electron chi connectivity index (χ2n) is 10.2.